The summed E-state index contributed by atoms with van der Waals surface area (Å²) in [6, 6.07) is 0. The SMILES string of the molecule is CC(C)(C)[C@@H]1CCC[C@]12CC[C@@H](CO)O2. The van der Waals surface area contributed by atoms with Crippen LogP contribution in [-0.2, 0) is 4.74 Å². The van der Waals surface area contributed by atoms with Gasteiger partial charge in [-0.1, -0.05) is 27.2 Å². The zero-order chi connectivity index (χ0) is 11.1. The largest absolute Gasteiger partial charge is 0.394 e. The molecule has 0 aromatic heterocycles. The van der Waals surface area contributed by atoms with E-state index < -0.39 is 0 Å². The zero-order valence-electron chi connectivity index (χ0n) is 10.3. The topological polar surface area (TPSA) is 29.5 Å². The maximum absolute atomic E-state index is 9.17. The lowest BCUT2D eigenvalue weighted by Crippen LogP contribution is -2.40. The fourth-order valence-electron chi connectivity index (χ4n) is 3.69. The fraction of sp³-hybridized carbons (Fsp3) is 1.00. The summed E-state index contributed by atoms with van der Waals surface area (Å²) >= 11 is 0. The van der Waals surface area contributed by atoms with Crippen molar-refractivity contribution in [3.63, 3.8) is 0 Å². The van der Waals surface area contributed by atoms with Gasteiger partial charge in [-0.15, -0.1) is 0 Å². The van der Waals surface area contributed by atoms with Crippen LogP contribution in [0.1, 0.15) is 52.9 Å². The highest BCUT2D eigenvalue weighted by atomic mass is 16.5. The molecule has 1 aliphatic carbocycles. The van der Waals surface area contributed by atoms with Crippen LogP contribution >= 0.6 is 0 Å². The number of aliphatic hydroxyl groups excluding tert-OH is 1. The third-order valence-corrected chi connectivity index (χ3v) is 4.27. The molecule has 1 aliphatic heterocycles. The van der Waals surface area contributed by atoms with E-state index in [0.29, 0.717) is 11.3 Å². The molecular weight excluding hydrogens is 188 g/mol. The van der Waals surface area contributed by atoms with E-state index in [9.17, 15) is 5.11 Å². The Morgan fingerprint density at radius 1 is 1.27 bits per heavy atom. The van der Waals surface area contributed by atoms with Crippen LogP contribution in [0.25, 0.3) is 0 Å². The van der Waals surface area contributed by atoms with E-state index in [1.54, 1.807) is 0 Å². The molecule has 1 saturated heterocycles. The molecule has 15 heavy (non-hydrogen) atoms. The summed E-state index contributed by atoms with van der Waals surface area (Å²) < 4.78 is 6.15. The molecular formula is C13H24O2. The number of aliphatic hydroxyl groups is 1. The van der Waals surface area contributed by atoms with E-state index >= 15 is 0 Å². The first kappa shape index (κ1) is 11.4. The van der Waals surface area contributed by atoms with Crippen LogP contribution in [0.2, 0.25) is 0 Å². The highest BCUT2D eigenvalue weighted by molar-refractivity contribution is 5.02. The molecule has 0 aromatic rings. The Labute approximate surface area is 93.0 Å². The molecule has 0 aromatic carbocycles. The van der Waals surface area contributed by atoms with Crippen molar-refractivity contribution in [2.75, 3.05) is 6.61 Å². The van der Waals surface area contributed by atoms with E-state index in [0.717, 1.165) is 12.8 Å². The minimum absolute atomic E-state index is 0.103. The average Bonchev–Trinajstić information content (AvgIpc) is 2.73. The van der Waals surface area contributed by atoms with Gasteiger partial charge in [0.2, 0.25) is 0 Å². The Kier molecular flexibility index (Phi) is 2.85. The molecule has 2 rings (SSSR count). The van der Waals surface area contributed by atoms with Gasteiger partial charge in [-0.3, -0.25) is 0 Å². The van der Waals surface area contributed by atoms with Gasteiger partial charge < -0.3 is 9.84 Å². The van der Waals surface area contributed by atoms with E-state index in [4.69, 9.17) is 4.74 Å². The molecule has 1 N–H and O–H groups in total. The smallest absolute Gasteiger partial charge is 0.0814 e. The lowest BCUT2D eigenvalue weighted by atomic mass is 9.71. The van der Waals surface area contributed by atoms with Crippen LogP contribution < -0.4 is 0 Å². The molecule has 0 amide bonds. The summed E-state index contributed by atoms with van der Waals surface area (Å²) in [5.74, 6) is 0.668. The van der Waals surface area contributed by atoms with Crippen molar-refractivity contribution in [2.24, 2.45) is 11.3 Å². The fourth-order valence-corrected chi connectivity index (χ4v) is 3.69. The van der Waals surface area contributed by atoms with E-state index in [-0.39, 0.29) is 18.3 Å². The van der Waals surface area contributed by atoms with E-state index in [2.05, 4.69) is 20.8 Å². The Hall–Kier alpha value is -0.0800. The Morgan fingerprint density at radius 3 is 2.53 bits per heavy atom. The quantitative estimate of drug-likeness (QED) is 0.724. The molecule has 2 heteroatoms. The molecule has 0 radical (unpaired) electrons. The molecule has 1 heterocycles. The van der Waals surface area contributed by atoms with Crippen LogP contribution in [0.15, 0.2) is 0 Å². The highest BCUT2D eigenvalue weighted by Gasteiger charge is 2.52. The molecule has 3 atom stereocenters. The molecule has 88 valence electrons. The average molecular weight is 212 g/mol. The summed E-state index contributed by atoms with van der Waals surface area (Å²) in [5.41, 5.74) is 0.437. The van der Waals surface area contributed by atoms with Gasteiger partial charge in [-0.05, 0) is 37.0 Å². The van der Waals surface area contributed by atoms with Crippen molar-refractivity contribution in [3.05, 3.63) is 0 Å². The molecule has 2 aliphatic rings. The first-order valence-corrected chi connectivity index (χ1v) is 6.27. The zero-order valence-corrected chi connectivity index (χ0v) is 10.3. The summed E-state index contributed by atoms with van der Waals surface area (Å²) in [4.78, 5) is 0. The van der Waals surface area contributed by atoms with Crippen molar-refractivity contribution < 1.29 is 9.84 Å². The van der Waals surface area contributed by atoms with E-state index in [1.807, 2.05) is 0 Å². The maximum atomic E-state index is 9.17. The molecule has 1 saturated carbocycles. The highest BCUT2D eigenvalue weighted by Crippen LogP contribution is 2.53. The molecule has 0 unspecified atom stereocenters. The molecule has 2 nitrogen and oxygen atoms in total. The van der Waals surface area contributed by atoms with E-state index in [1.165, 1.54) is 19.3 Å². The Morgan fingerprint density at radius 2 is 2.00 bits per heavy atom. The standard InChI is InChI=1S/C13H24O2/c1-12(2,3)11-5-4-7-13(11)8-6-10(9-14)15-13/h10-11,14H,4-9H2,1-3H3/t10-,11-,13-/m0/s1. The second kappa shape index (κ2) is 3.74. The minimum Gasteiger partial charge on any atom is -0.394 e. The van der Waals surface area contributed by atoms with Crippen molar-refractivity contribution in [1.82, 2.24) is 0 Å². The number of hydrogen-bond acceptors (Lipinski definition) is 2. The predicted molar refractivity (Wildman–Crippen MR) is 60.7 cm³/mol. The van der Waals surface area contributed by atoms with Gasteiger partial charge in [0.15, 0.2) is 0 Å². The molecule has 0 bridgehead atoms. The van der Waals surface area contributed by atoms with Crippen LogP contribution in [0, 0.1) is 11.3 Å². The summed E-state index contributed by atoms with van der Waals surface area (Å²) in [7, 11) is 0. The van der Waals surface area contributed by atoms with Crippen molar-refractivity contribution >= 4 is 0 Å². The number of hydrogen-bond donors (Lipinski definition) is 1. The summed E-state index contributed by atoms with van der Waals surface area (Å²) in [6.45, 7) is 7.15. The van der Waals surface area contributed by atoms with Gasteiger partial charge in [0.1, 0.15) is 0 Å². The Bertz CT molecular complexity index is 231. The second-order valence-corrected chi connectivity index (χ2v) is 6.34. The van der Waals surface area contributed by atoms with Gasteiger partial charge in [0.05, 0.1) is 18.3 Å². The van der Waals surface area contributed by atoms with Crippen LogP contribution in [0.4, 0.5) is 0 Å². The second-order valence-electron chi connectivity index (χ2n) is 6.34. The van der Waals surface area contributed by atoms with Gasteiger partial charge >= 0.3 is 0 Å². The third kappa shape index (κ3) is 1.94. The van der Waals surface area contributed by atoms with Crippen molar-refractivity contribution in [3.8, 4) is 0 Å². The predicted octanol–water partition coefficient (Wildman–Crippen LogP) is 2.74. The first-order chi connectivity index (χ1) is 6.98. The normalized spacial score (nSPS) is 41.6. The maximum Gasteiger partial charge on any atom is 0.0814 e. The third-order valence-electron chi connectivity index (χ3n) is 4.27. The monoisotopic (exact) mass is 212 g/mol. The van der Waals surface area contributed by atoms with Gasteiger partial charge in [0.25, 0.3) is 0 Å². The van der Waals surface area contributed by atoms with Crippen LogP contribution in [-0.4, -0.2) is 23.4 Å². The lowest BCUT2D eigenvalue weighted by Gasteiger charge is -2.40. The van der Waals surface area contributed by atoms with Gasteiger partial charge in [0, 0.05) is 0 Å². The lowest BCUT2D eigenvalue weighted by molar-refractivity contribution is -0.103. The summed E-state index contributed by atoms with van der Waals surface area (Å²) in [6.07, 6.45) is 6.09. The Balaban J connectivity index is 2.14. The minimum atomic E-state index is 0.103. The molecule has 1 spiro atoms. The van der Waals surface area contributed by atoms with Crippen molar-refractivity contribution in [1.29, 1.82) is 0 Å². The summed E-state index contributed by atoms with van der Waals surface area (Å²) in [5, 5.41) is 9.17. The van der Waals surface area contributed by atoms with Gasteiger partial charge in [-0.25, -0.2) is 0 Å². The van der Waals surface area contributed by atoms with Crippen LogP contribution in [0.3, 0.4) is 0 Å². The molecule has 2 fully saturated rings. The number of rotatable bonds is 1. The first-order valence-electron chi connectivity index (χ1n) is 6.27. The van der Waals surface area contributed by atoms with Crippen LogP contribution in [0.5, 0.6) is 0 Å². The van der Waals surface area contributed by atoms with Gasteiger partial charge in [-0.2, -0.15) is 0 Å². The number of ether oxygens (including phenoxy) is 1. The van der Waals surface area contributed by atoms with Crippen molar-refractivity contribution in [2.45, 2.75) is 64.6 Å².